The summed E-state index contributed by atoms with van der Waals surface area (Å²) in [6, 6.07) is 11.6. The minimum atomic E-state index is -0.700. The van der Waals surface area contributed by atoms with Crippen molar-refractivity contribution < 1.29 is 24.1 Å². The van der Waals surface area contributed by atoms with Gasteiger partial charge >= 0.3 is 5.97 Å². The van der Waals surface area contributed by atoms with Crippen molar-refractivity contribution in [3.63, 3.8) is 0 Å². The summed E-state index contributed by atoms with van der Waals surface area (Å²) >= 11 is 1.23. The molecule has 194 valence electrons. The van der Waals surface area contributed by atoms with Gasteiger partial charge in [-0.25, -0.2) is 9.79 Å². The van der Waals surface area contributed by atoms with Crippen molar-refractivity contribution in [1.82, 2.24) is 4.57 Å². The molecule has 2 heterocycles. The quantitative estimate of drug-likeness (QED) is 0.340. The monoisotopic (exact) mass is 522 g/mol. The van der Waals surface area contributed by atoms with Crippen LogP contribution in [-0.4, -0.2) is 36.5 Å². The van der Waals surface area contributed by atoms with Gasteiger partial charge in [0.15, 0.2) is 16.3 Å². The van der Waals surface area contributed by atoms with E-state index in [-0.39, 0.29) is 11.3 Å². The minimum Gasteiger partial charge on any atom is -0.504 e. The lowest BCUT2D eigenvalue weighted by Crippen LogP contribution is -2.39. The number of methoxy groups -OCH3 is 2. The molecule has 4 rings (SSSR count). The molecule has 9 heteroatoms. The van der Waals surface area contributed by atoms with Gasteiger partial charge in [0.2, 0.25) is 0 Å². The highest BCUT2D eigenvalue weighted by atomic mass is 32.1. The Labute approximate surface area is 218 Å². The van der Waals surface area contributed by atoms with E-state index in [1.165, 1.54) is 36.2 Å². The van der Waals surface area contributed by atoms with Crippen LogP contribution in [0.4, 0.5) is 0 Å². The predicted octanol–water partition coefficient (Wildman–Crippen LogP) is 3.69. The fraction of sp³-hybridized carbons (Fsp3) is 0.321. The summed E-state index contributed by atoms with van der Waals surface area (Å²) in [4.78, 5) is 31.5. The molecule has 0 saturated carbocycles. The predicted molar refractivity (Wildman–Crippen MR) is 142 cm³/mol. The SMILES string of the molecule is CCCCCOc1ccc(C2C(C(=O)OC)=C(C)N=c3s/c(=C\c4ccc(O)c(OC)c4)c(=O)n32)cc1. The molecule has 0 spiro atoms. The number of phenols is 1. The number of unbranched alkanes of at least 4 members (excludes halogenated alkanes) is 2. The van der Waals surface area contributed by atoms with Gasteiger partial charge in [-0.1, -0.05) is 49.3 Å². The Morgan fingerprint density at radius 3 is 2.59 bits per heavy atom. The molecular formula is C28H30N2O6S. The van der Waals surface area contributed by atoms with E-state index in [2.05, 4.69) is 11.9 Å². The number of fused-ring (bicyclic) bond motifs is 1. The number of hydrogen-bond donors (Lipinski definition) is 1. The maximum atomic E-state index is 13.7. The van der Waals surface area contributed by atoms with Crippen LogP contribution in [0.3, 0.4) is 0 Å². The molecule has 2 aromatic carbocycles. The largest absolute Gasteiger partial charge is 0.504 e. The Bertz CT molecular complexity index is 1500. The van der Waals surface area contributed by atoms with E-state index in [0.29, 0.717) is 38.5 Å². The molecular weight excluding hydrogens is 492 g/mol. The second-order valence-corrected chi connectivity index (χ2v) is 9.64. The number of aromatic hydroxyl groups is 1. The number of esters is 1. The molecule has 1 unspecified atom stereocenters. The third kappa shape index (κ3) is 5.46. The first-order valence-corrected chi connectivity index (χ1v) is 12.9. The summed E-state index contributed by atoms with van der Waals surface area (Å²) in [6.45, 7) is 4.52. The average Bonchev–Trinajstić information content (AvgIpc) is 3.21. The second kappa shape index (κ2) is 11.5. The van der Waals surface area contributed by atoms with Crippen LogP contribution in [0.1, 0.15) is 50.3 Å². The lowest BCUT2D eigenvalue weighted by Gasteiger charge is -2.24. The number of ether oxygens (including phenoxy) is 3. The number of rotatable bonds is 9. The Kier molecular flexibility index (Phi) is 8.13. The zero-order chi connectivity index (χ0) is 26.5. The number of benzene rings is 2. The van der Waals surface area contributed by atoms with Crippen LogP contribution in [0.25, 0.3) is 6.08 Å². The maximum absolute atomic E-state index is 13.7. The van der Waals surface area contributed by atoms with Gasteiger partial charge in [-0.05, 0) is 54.8 Å². The van der Waals surface area contributed by atoms with Crippen LogP contribution >= 0.6 is 11.3 Å². The maximum Gasteiger partial charge on any atom is 0.338 e. The molecule has 0 saturated heterocycles. The summed E-state index contributed by atoms with van der Waals surface area (Å²) < 4.78 is 18.1. The van der Waals surface area contributed by atoms with Crippen molar-refractivity contribution in [3.05, 3.63) is 84.5 Å². The number of aromatic nitrogens is 1. The third-order valence-corrected chi connectivity index (χ3v) is 7.12. The van der Waals surface area contributed by atoms with E-state index in [1.54, 1.807) is 25.1 Å². The van der Waals surface area contributed by atoms with Crippen molar-refractivity contribution in [3.8, 4) is 17.2 Å². The molecule has 1 aromatic heterocycles. The Balaban J connectivity index is 1.79. The zero-order valence-electron chi connectivity index (χ0n) is 21.3. The molecule has 0 amide bonds. The minimum absolute atomic E-state index is 0.0113. The zero-order valence-corrected chi connectivity index (χ0v) is 22.1. The molecule has 0 radical (unpaired) electrons. The van der Waals surface area contributed by atoms with Gasteiger partial charge in [0, 0.05) is 0 Å². The smallest absolute Gasteiger partial charge is 0.338 e. The Morgan fingerprint density at radius 1 is 1.16 bits per heavy atom. The molecule has 37 heavy (non-hydrogen) atoms. The first kappa shape index (κ1) is 26.2. The van der Waals surface area contributed by atoms with Crippen molar-refractivity contribution in [1.29, 1.82) is 0 Å². The molecule has 0 fully saturated rings. The second-order valence-electron chi connectivity index (χ2n) is 8.63. The van der Waals surface area contributed by atoms with Gasteiger partial charge in [0.25, 0.3) is 5.56 Å². The van der Waals surface area contributed by atoms with Gasteiger partial charge in [-0.3, -0.25) is 9.36 Å². The topological polar surface area (TPSA) is 99.4 Å². The average molecular weight is 523 g/mol. The van der Waals surface area contributed by atoms with E-state index < -0.39 is 12.0 Å². The van der Waals surface area contributed by atoms with Crippen LogP contribution in [0, 0.1) is 0 Å². The van der Waals surface area contributed by atoms with E-state index >= 15 is 0 Å². The molecule has 8 nitrogen and oxygen atoms in total. The lowest BCUT2D eigenvalue weighted by molar-refractivity contribution is -0.136. The third-order valence-electron chi connectivity index (χ3n) is 6.14. The van der Waals surface area contributed by atoms with Gasteiger partial charge in [0.05, 0.1) is 42.7 Å². The standard InChI is InChI=1S/C28H30N2O6S/c1-5-6-7-14-36-20-11-9-19(10-12-20)25-24(27(33)35-4)17(2)29-28-30(25)26(32)23(37-28)16-18-8-13-21(31)22(15-18)34-3/h8-13,15-16,25,31H,5-7,14H2,1-4H3/b23-16-. The number of phenolic OH excluding ortho intramolecular Hbond substituents is 1. The van der Waals surface area contributed by atoms with E-state index in [0.717, 1.165) is 30.6 Å². The van der Waals surface area contributed by atoms with Crippen LogP contribution < -0.4 is 24.4 Å². The van der Waals surface area contributed by atoms with Crippen molar-refractivity contribution in [2.45, 2.75) is 39.2 Å². The Morgan fingerprint density at radius 2 is 1.92 bits per heavy atom. The van der Waals surface area contributed by atoms with E-state index in [4.69, 9.17) is 14.2 Å². The first-order valence-electron chi connectivity index (χ1n) is 12.1. The number of carbonyl (C=O) groups excluding carboxylic acids is 1. The molecule has 1 N–H and O–H groups in total. The molecule has 0 bridgehead atoms. The van der Waals surface area contributed by atoms with E-state index in [9.17, 15) is 14.7 Å². The van der Waals surface area contributed by atoms with E-state index in [1.807, 2.05) is 24.3 Å². The Hall–Kier alpha value is -3.85. The lowest BCUT2D eigenvalue weighted by atomic mass is 9.96. The fourth-order valence-electron chi connectivity index (χ4n) is 4.23. The van der Waals surface area contributed by atoms with Gasteiger partial charge in [0.1, 0.15) is 5.75 Å². The molecule has 3 aromatic rings. The van der Waals surface area contributed by atoms with Crippen LogP contribution in [-0.2, 0) is 9.53 Å². The summed E-state index contributed by atoms with van der Waals surface area (Å²) in [7, 11) is 2.78. The molecule has 0 aliphatic carbocycles. The molecule has 1 atom stereocenters. The summed E-state index contributed by atoms with van der Waals surface area (Å²) in [6.07, 6.45) is 4.93. The highest BCUT2D eigenvalue weighted by molar-refractivity contribution is 7.07. The van der Waals surface area contributed by atoms with Crippen LogP contribution in [0.5, 0.6) is 17.2 Å². The van der Waals surface area contributed by atoms with Gasteiger partial charge in [-0.2, -0.15) is 0 Å². The number of thiazole rings is 1. The summed E-state index contributed by atoms with van der Waals surface area (Å²) in [5.74, 6) is 0.509. The highest BCUT2D eigenvalue weighted by Gasteiger charge is 2.33. The van der Waals surface area contributed by atoms with Crippen molar-refractivity contribution in [2.24, 2.45) is 4.99 Å². The van der Waals surface area contributed by atoms with Crippen molar-refractivity contribution >= 4 is 23.4 Å². The highest BCUT2D eigenvalue weighted by Crippen LogP contribution is 2.32. The number of carbonyl (C=O) groups is 1. The summed E-state index contributed by atoms with van der Waals surface area (Å²) in [5.41, 5.74) is 1.95. The number of hydrogen-bond acceptors (Lipinski definition) is 8. The molecule has 1 aliphatic heterocycles. The molecule has 1 aliphatic rings. The number of allylic oxidation sites excluding steroid dienone is 1. The van der Waals surface area contributed by atoms with Gasteiger partial charge < -0.3 is 19.3 Å². The summed E-state index contributed by atoms with van der Waals surface area (Å²) in [5, 5.41) is 9.90. The van der Waals surface area contributed by atoms with Crippen LogP contribution in [0.2, 0.25) is 0 Å². The van der Waals surface area contributed by atoms with Gasteiger partial charge in [-0.15, -0.1) is 0 Å². The fourth-order valence-corrected chi connectivity index (χ4v) is 5.28. The van der Waals surface area contributed by atoms with Crippen molar-refractivity contribution in [2.75, 3.05) is 20.8 Å². The first-order chi connectivity index (χ1) is 17.9. The normalized spacial score (nSPS) is 15.2. The number of nitrogens with zero attached hydrogens (tertiary/aromatic N) is 2. The van der Waals surface area contributed by atoms with Crippen LogP contribution in [0.15, 0.2) is 63.5 Å².